The summed E-state index contributed by atoms with van der Waals surface area (Å²) in [7, 11) is 2.94. The van der Waals surface area contributed by atoms with Crippen LogP contribution in [0.4, 0.5) is 0 Å². The van der Waals surface area contributed by atoms with Gasteiger partial charge >= 0.3 is 5.97 Å². The predicted molar refractivity (Wildman–Crippen MR) is 73.9 cm³/mol. The summed E-state index contributed by atoms with van der Waals surface area (Å²) in [6, 6.07) is 0. The first-order valence-corrected chi connectivity index (χ1v) is 6.69. The van der Waals surface area contributed by atoms with E-state index in [0.29, 0.717) is 25.3 Å². The van der Waals surface area contributed by atoms with Crippen molar-refractivity contribution in [3.05, 3.63) is 29.6 Å². The van der Waals surface area contributed by atoms with Gasteiger partial charge in [0, 0.05) is 20.1 Å². The fourth-order valence-corrected chi connectivity index (χ4v) is 2.08. The average Bonchev–Trinajstić information content (AvgIpc) is 3.11. The molecular weight excluding hydrogens is 274 g/mol. The Morgan fingerprint density at radius 2 is 2.19 bits per heavy atom. The number of esters is 1. The second-order valence-electron chi connectivity index (χ2n) is 4.45. The van der Waals surface area contributed by atoms with Crippen LogP contribution in [0.2, 0.25) is 0 Å². The lowest BCUT2D eigenvalue weighted by atomic mass is 10.2. The van der Waals surface area contributed by atoms with Crippen molar-refractivity contribution < 1.29 is 14.3 Å². The second-order valence-corrected chi connectivity index (χ2v) is 4.45. The predicted octanol–water partition coefficient (Wildman–Crippen LogP) is 0.518. The van der Waals surface area contributed by atoms with Crippen molar-refractivity contribution in [3.63, 3.8) is 0 Å². The SMILES string of the molecule is CCn1cncc1Cn1nnc(C(=O)OC)c1CCOC. The number of nitrogens with zero attached hydrogens (tertiary/aromatic N) is 5. The molecule has 114 valence electrons. The molecule has 21 heavy (non-hydrogen) atoms. The Labute approximate surface area is 122 Å². The average molecular weight is 293 g/mol. The third kappa shape index (κ3) is 3.27. The zero-order chi connectivity index (χ0) is 15.2. The lowest BCUT2D eigenvalue weighted by molar-refractivity contribution is 0.0592. The molecule has 0 N–H and O–H groups in total. The van der Waals surface area contributed by atoms with Gasteiger partial charge in [-0.1, -0.05) is 5.21 Å². The number of ether oxygens (including phenoxy) is 2. The van der Waals surface area contributed by atoms with Gasteiger partial charge in [-0.3, -0.25) is 0 Å². The Bertz CT molecular complexity index is 605. The third-order valence-electron chi connectivity index (χ3n) is 3.21. The minimum atomic E-state index is -0.489. The van der Waals surface area contributed by atoms with Gasteiger partial charge in [0.2, 0.25) is 0 Å². The molecule has 0 fully saturated rings. The van der Waals surface area contributed by atoms with Crippen LogP contribution in [0.15, 0.2) is 12.5 Å². The van der Waals surface area contributed by atoms with E-state index < -0.39 is 5.97 Å². The summed E-state index contributed by atoms with van der Waals surface area (Å²) in [5.41, 5.74) is 1.93. The fourth-order valence-electron chi connectivity index (χ4n) is 2.08. The van der Waals surface area contributed by atoms with E-state index in [0.717, 1.165) is 12.2 Å². The van der Waals surface area contributed by atoms with Gasteiger partial charge in [-0.2, -0.15) is 0 Å². The molecule has 0 saturated carbocycles. The maximum absolute atomic E-state index is 11.7. The zero-order valence-electron chi connectivity index (χ0n) is 12.4. The van der Waals surface area contributed by atoms with Gasteiger partial charge in [-0.25, -0.2) is 14.5 Å². The molecule has 0 atom stereocenters. The van der Waals surface area contributed by atoms with Gasteiger partial charge in [0.1, 0.15) is 0 Å². The van der Waals surface area contributed by atoms with Gasteiger partial charge in [0.05, 0.1) is 44.2 Å². The van der Waals surface area contributed by atoms with E-state index in [4.69, 9.17) is 9.47 Å². The van der Waals surface area contributed by atoms with Gasteiger partial charge in [-0.15, -0.1) is 5.10 Å². The van der Waals surface area contributed by atoms with Crippen LogP contribution in [0.3, 0.4) is 0 Å². The van der Waals surface area contributed by atoms with E-state index >= 15 is 0 Å². The summed E-state index contributed by atoms with van der Waals surface area (Å²) >= 11 is 0. The Hall–Kier alpha value is -2.22. The number of hydrogen-bond donors (Lipinski definition) is 0. The number of carbonyl (C=O) groups excluding carboxylic acids is 1. The molecule has 2 rings (SSSR count). The molecule has 0 saturated heterocycles. The molecule has 0 amide bonds. The molecule has 0 spiro atoms. The molecule has 0 bridgehead atoms. The smallest absolute Gasteiger partial charge is 0.360 e. The Balaban J connectivity index is 2.30. The maximum Gasteiger partial charge on any atom is 0.360 e. The molecule has 8 heteroatoms. The van der Waals surface area contributed by atoms with E-state index in [1.807, 2.05) is 11.5 Å². The topological polar surface area (TPSA) is 84.1 Å². The summed E-state index contributed by atoms with van der Waals surface area (Å²) in [5, 5.41) is 7.99. The summed E-state index contributed by atoms with van der Waals surface area (Å²) in [6.07, 6.45) is 4.08. The van der Waals surface area contributed by atoms with Crippen LogP contribution in [-0.4, -0.2) is 51.3 Å². The lowest BCUT2D eigenvalue weighted by Crippen LogP contribution is -2.14. The molecule has 0 unspecified atom stereocenters. The fraction of sp³-hybridized carbons (Fsp3) is 0.538. The van der Waals surface area contributed by atoms with Crippen molar-refractivity contribution in [2.75, 3.05) is 20.8 Å². The molecule has 0 radical (unpaired) electrons. The number of imidazole rings is 1. The van der Waals surface area contributed by atoms with E-state index in [1.54, 1.807) is 24.3 Å². The minimum Gasteiger partial charge on any atom is -0.464 e. The van der Waals surface area contributed by atoms with Gasteiger partial charge in [0.25, 0.3) is 0 Å². The monoisotopic (exact) mass is 293 g/mol. The summed E-state index contributed by atoms with van der Waals surface area (Å²) in [5.74, 6) is -0.489. The highest BCUT2D eigenvalue weighted by Gasteiger charge is 2.20. The highest BCUT2D eigenvalue weighted by Crippen LogP contribution is 2.11. The van der Waals surface area contributed by atoms with E-state index in [1.165, 1.54) is 7.11 Å². The highest BCUT2D eigenvalue weighted by molar-refractivity contribution is 5.88. The molecule has 0 aliphatic carbocycles. The van der Waals surface area contributed by atoms with Crippen molar-refractivity contribution in [1.29, 1.82) is 0 Å². The number of carbonyl (C=O) groups is 1. The van der Waals surface area contributed by atoms with E-state index in [9.17, 15) is 4.79 Å². The molecule has 8 nitrogen and oxygen atoms in total. The molecular formula is C13H19N5O3. The molecule has 2 heterocycles. The van der Waals surface area contributed by atoms with Crippen LogP contribution in [0.25, 0.3) is 0 Å². The Kier molecular flexibility index (Phi) is 5.04. The lowest BCUT2D eigenvalue weighted by Gasteiger charge is -2.09. The number of methoxy groups -OCH3 is 2. The van der Waals surface area contributed by atoms with Gasteiger partial charge in [0.15, 0.2) is 5.69 Å². The number of rotatable bonds is 7. The standard InChI is InChI=1S/C13H19N5O3/c1-4-17-9-14-7-10(17)8-18-11(5-6-20-2)12(15-16-18)13(19)21-3/h7,9H,4-6,8H2,1-3H3. The van der Waals surface area contributed by atoms with E-state index in [-0.39, 0.29) is 5.69 Å². The molecule has 2 aromatic rings. The summed E-state index contributed by atoms with van der Waals surface area (Å²) < 4.78 is 13.5. The molecule has 0 aliphatic rings. The first-order valence-electron chi connectivity index (χ1n) is 6.69. The molecule has 2 aromatic heterocycles. The van der Waals surface area contributed by atoms with Gasteiger partial charge < -0.3 is 14.0 Å². The zero-order valence-corrected chi connectivity index (χ0v) is 12.4. The van der Waals surface area contributed by atoms with Crippen LogP contribution in [0.1, 0.15) is 28.8 Å². The van der Waals surface area contributed by atoms with Crippen LogP contribution in [-0.2, 0) is 29.0 Å². The first kappa shape index (κ1) is 15.2. The Morgan fingerprint density at radius 1 is 1.38 bits per heavy atom. The van der Waals surface area contributed by atoms with Crippen molar-refractivity contribution in [1.82, 2.24) is 24.5 Å². The van der Waals surface area contributed by atoms with E-state index in [2.05, 4.69) is 15.3 Å². The van der Waals surface area contributed by atoms with Crippen LogP contribution in [0.5, 0.6) is 0 Å². The third-order valence-corrected chi connectivity index (χ3v) is 3.21. The van der Waals surface area contributed by atoms with Crippen LogP contribution in [0, 0.1) is 0 Å². The quantitative estimate of drug-likeness (QED) is 0.692. The minimum absolute atomic E-state index is 0.233. The van der Waals surface area contributed by atoms with Gasteiger partial charge in [-0.05, 0) is 6.92 Å². The maximum atomic E-state index is 11.7. The summed E-state index contributed by atoms with van der Waals surface area (Å²) in [6.45, 7) is 3.83. The Morgan fingerprint density at radius 3 is 2.86 bits per heavy atom. The normalized spacial score (nSPS) is 10.8. The van der Waals surface area contributed by atoms with Crippen molar-refractivity contribution in [2.24, 2.45) is 0 Å². The number of aromatic nitrogens is 5. The van der Waals surface area contributed by atoms with Crippen molar-refractivity contribution >= 4 is 5.97 Å². The van der Waals surface area contributed by atoms with Crippen molar-refractivity contribution in [3.8, 4) is 0 Å². The number of hydrogen-bond acceptors (Lipinski definition) is 6. The molecule has 0 aliphatic heterocycles. The number of aryl methyl sites for hydroxylation is 1. The highest BCUT2D eigenvalue weighted by atomic mass is 16.5. The van der Waals surface area contributed by atoms with Crippen molar-refractivity contribution in [2.45, 2.75) is 26.4 Å². The van der Waals surface area contributed by atoms with Crippen LogP contribution < -0.4 is 0 Å². The van der Waals surface area contributed by atoms with Crippen LogP contribution >= 0.6 is 0 Å². The first-order chi connectivity index (χ1) is 10.2. The largest absolute Gasteiger partial charge is 0.464 e. The summed E-state index contributed by atoms with van der Waals surface area (Å²) in [4.78, 5) is 15.9. The second kappa shape index (κ2) is 6.98. The molecule has 0 aromatic carbocycles.